The summed E-state index contributed by atoms with van der Waals surface area (Å²) in [5.74, 6) is 0.195. The number of anilines is 1. The molecule has 0 heterocycles. The molecule has 0 aliphatic rings. The van der Waals surface area contributed by atoms with Crippen molar-refractivity contribution in [3.05, 3.63) is 54.1 Å². The van der Waals surface area contributed by atoms with Crippen LogP contribution in [-0.2, 0) is 11.0 Å². The first-order valence-corrected chi connectivity index (χ1v) is 8.71. The molecule has 0 unspecified atom stereocenters. The fourth-order valence-corrected chi connectivity index (χ4v) is 2.31. The summed E-state index contributed by atoms with van der Waals surface area (Å²) in [5.41, 5.74) is -0.287. The summed E-state index contributed by atoms with van der Waals surface area (Å²) in [7, 11) is 3.99. The monoisotopic (exact) mass is 396 g/mol. The molecule has 0 aromatic heterocycles. The number of rotatable bonds is 9. The minimum atomic E-state index is -4.46. The van der Waals surface area contributed by atoms with Crippen molar-refractivity contribution in [2.75, 3.05) is 39.2 Å². The first kappa shape index (κ1) is 21.6. The van der Waals surface area contributed by atoms with Crippen molar-refractivity contribution in [1.82, 2.24) is 4.90 Å². The highest BCUT2D eigenvalue weighted by molar-refractivity contribution is 5.91. The average molecular weight is 396 g/mol. The Morgan fingerprint density at radius 2 is 1.75 bits per heavy atom. The second-order valence-corrected chi connectivity index (χ2v) is 6.39. The van der Waals surface area contributed by atoms with Gasteiger partial charge in [0, 0.05) is 12.2 Å². The zero-order valence-electron chi connectivity index (χ0n) is 15.8. The molecule has 1 N–H and O–H groups in total. The molecule has 2 aromatic rings. The molecule has 0 aliphatic heterocycles. The maximum absolute atomic E-state index is 12.7. The standard InChI is InChI=1S/C20H23F3N2O3/c1-25(2)11-4-12-27-17-9-7-16(8-10-17)24-19(26)14-28-18-6-3-5-15(13-18)20(21,22)23/h3,5-10,13H,4,11-12,14H2,1-2H3,(H,24,26). The molecule has 2 rings (SSSR count). The van der Waals surface area contributed by atoms with Crippen LogP contribution in [0, 0.1) is 0 Å². The number of nitrogens with one attached hydrogen (secondary N) is 1. The van der Waals surface area contributed by atoms with Gasteiger partial charge in [-0.25, -0.2) is 0 Å². The number of nitrogens with zero attached hydrogens (tertiary/aromatic N) is 1. The van der Waals surface area contributed by atoms with Crippen LogP contribution in [0.5, 0.6) is 11.5 Å². The fourth-order valence-electron chi connectivity index (χ4n) is 2.31. The molecule has 0 fully saturated rings. The van der Waals surface area contributed by atoms with E-state index in [1.807, 2.05) is 14.1 Å². The van der Waals surface area contributed by atoms with Gasteiger partial charge in [-0.1, -0.05) is 6.07 Å². The van der Waals surface area contributed by atoms with Gasteiger partial charge in [0.1, 0.15) is 11.5 Å². The van der Waals surface area contributed by atoms with E-state index in [4.69, 9.17) is 9.47 Å². The first-order valence-electron chi connectivity index (χ1n) is 8.71. The first-order chi connectivity index (χ1) is 13.2. The molecule has 152 valence electrons. The number of ether oxygens (including phenoxy) is 2. The van der Waals surface area contributed by atoms with Crippen molar-refractivity contribution in [3.63, 3.8) is 0 Å². The smallest absolute Gasteiger partial charge is 0.416 e. The lowest BCUT2D eigenvalue weighted by molar-refractivity contribution is -0.137. The van der Waals surface area contributed by atoms with Gasteiger partial charge in [0.15, 0.2) is 6.61 Å². The average Bonchev–Trinajstić information content (AvgIpc) is 2.64. The quantitative estimate of drug-likeness (QED) is 0.650. The number of hydrogen-bond acceptors (Lipinski definition) is 4. The van der Waals surface area contributed by atoms with Crippen LogP contribution in [0.15, 0.2) is 48.5 Å². The Balaban J connectivity index is 1.78. The number of hydrogen-bond donors (Lipinski definition) is 1. The normalized spacial score (nSPS) is 11.4. The SMILES string of the molecule is CN(C)CCCOc1ccc(NC(=O)COc2cccc(C(F)(F)F)c2)cc1. The van der Waals surface area contributed by atoms with Gasteiger partial charge in [-0.3, -0.25) is 4.79 Å². The third kappa shape index (κ3) is 7.48. The molecular formula is C20H23F3N2O3. The summed E-state index contributed by atoms with van der Waals surface area (Å²) in [6.45, 7) is 1.12. The Bertz CT molecular complexity index is 762. The van der Waals surface area contributed by atoms with Crippen molar-refractivity contribution in [3.8, 4) is 11.5 Å². The number of halogens is 3. The van der Waals surface area contributed by atoms with Crippen LogP contribution < -0.4 is 14.8 Å². The summed E-state index contributed by atoms with van der Waals surface area (Å²) < 4.78 is 48.8. The molecule has 0 saturated carbocycles. The molecule has 0 atom stereocenters. The summed E-state index contributed by atoms with van der Waals surface area (Å²) >= 11 is 0. The zero-order chi connectivity index (χ0) is 20.6. The number of alkyl halides is 3. The second kappa shape index (κ2) is 9.98. The van der Waals surface area contributed by atoms with Crippen LogP contribution in [0.4, 0.5) is 18.9 Å². The molecule has 28 heavy (non-hydrogen) atoms. The van der Waals surface area contributed by atoms with E-state index in [0.29, 0.717) is 18.0 Å². The van der Waals surface area contributed by atoms with Crippen molar-refractivity contribution < 1.29 is 27.4 Å². The van der Waals surface area contributed by atoms with Gasteiger partial charge in [-0.2, -0.15) is 13.2 Å². The molecule has 0 bridgehead atoms. The highest BCUT2D eigenvalue weighted by atomic mass is 19.4. The maximum Gasteiger partial charge on any atom is 0.416 e. The number of benzene rings is 2. The molecule has 5 nitrogen and oxygen atoms in total. The van der Waals surface area contributed by atoms with E-state index >= 15 is 0 Å². The van der Waals surface area contributed by atoms with E-state index in [0.717, 1.165) is 25.1 Å². The third-order valence-electron chi connectivity index (χ3n) is 3.69. The van der Waals surface area contributed by atoms with Crippen LogP contribution in [0.25, 0.3) is 0 Å². The van der Waals surface area contributed by atoms with Gasteiger partial charge in [0.25, 0.3) is 5.91 Å². The van der Waals surface area contributed by atoms with Crippen LogP contribution >= 0.6 is 0 Å². The number of carbonyl (C=O) groups is 1. The lowest BCUT2D eigenvalue weighted by Gasteiger charge is -2.12. The maximum atomic E-state index is 12.7. The fraction of sp³-hybridized carbons (Fsp3) is 0.350. The summed E-state index contributed by atoms with van der Waals surface area (Å²) in [5, 5.41) is 2.62. The molecule has 0 aliphatic carbocycles. The van der Waals surface area contributed by atoms with Gasteiger partial charge < -0.3 is 19.7 Å². The second-order valence-electron chi connectivity index (χ2n) is 6.39. The Hall–Kier alpha value is -2.74. The van der Waals surface area contributed by atoms with E-state index in [-0.39, 0.29) is 5.75 Å². The Morgan fingerprint density at radius 1 is 1.04 bits per heavy atom. The molecule has 8 heteroatoms. The highest BCUT2D eigenvalue weighted by Crippen LogP contribution is 2.31. The van der Waals surface area contributed by atoms with Gasteiger partial charge in [0.2, 0.25) is 0 Å². The zero-order valence-corrected chi connectivity index (χ0v) is 15.8. The summed E-state index contributed by atoms with van der Waals surface area (Å²) in [4.78, 5) is 14.0. The molecule has 0 spiro atoms. The van der Waals surface area contributed by atoms with Gasteiger partial charge in [-0.15, -0.1) is 0 Å². The lowest BCUT2D eigenvalue weighted by Crippen LogP contribution is -2.20. The summed E-state index contributed by atoms with van der Waals surface area (Å²) in [6, 6.07) is 11.2. The summed E-state index contributed by atoms with van der Waals surface area (Å²) in [6.07, 6.45) is -3.56. The molecule has 0 radical (unpaired) electrons. The van der Waals surface area contributed by atoms with Crippen molar-refractivity contribution in [2.45, 2.75) is 12.6 Å². The predicted molar refractivity (Wildman–Crippen MR) is 101 cm³/mol. The van der Waals surface area contributed by atoms with Crippen LogP contribution in [0.3, 0.4) is 0 Å². The molecular weight excluding hydrogens is 373 g/mol. The number of carbonyl (C=O) groups excluding carboxylic acids is 1. The van der Waals surface area contributed by atoms with Crippen molar-refractivity contribution in [1.29, 1.82) is 0 Å². The van der Waals surface area contributed by atoms with Crippen molar-refractivity contribution >= 4 is 11.6 Å². The van der Waals surface area contributed by atoms with Gasteiger partial charge in [-0.05, 0) is 63.0 Å². The van der Waals surface area contributed by atoms with E-state index in [2.05, 4.69) is 10.2 Å². The van der Waals surface area contributed by atoms with Crippen LogP contribution in [0.2, 0.25) is 0 Å². The molecule has 2 aromatic carbocycles. The minimum Gasteiger partial charge on any atom is -0.494 e. The van der Waals surface area contributed by atoms with E-state index in [9.17, 15) is 18.0 Å². The highest BCUT2D eigenvalue weighted by Gasteiger charge is 2.30. The lowest BCUT2D eigenvalue weighted by atomic mass is 10.2. The van der Waals surface area contributed by atoms with Crippen molar-refractivity contribution in [2.24, 2.45) is 0 Å². The van der Waals surface area contributed by atoms with Gasteiger partial charge >= 0.3 is 6.18 Å². The molecule has 0 saturated heterocycles. The van der Waals surface area contributed by atoms with E-state index in [1.54, 1.807) is 24.3 Å². The number of amides is 1. The Labute approximate surface area is 162 Å². The minimum absolute atomic E-state index is 0.0218. The van der Waals surface area contributed by atoms with E-state index < -0.39 is 24.3 Å². The predicted octanol–water partition coefficient (Wildman–Crippen LogP) is 4.05. The van der Waals surface area contributed by atoms with Gasteiger partial charge in [0.05, 0.1) is 12.2 Å². The largest absolute Gasteiger partial charge is 0.494 e. The molecule has 1 amide bonds. The Kier molecular flexibility index (Phi) is 7.69. The van der Waals surface area contributed by atoms with Crippen LogP contribution in [-0.4, -0.2) is 44.7 Å². The van der Waals surface area contributed by atoms with E-state index in [1.165, 1.54) is 12.1 Å². The third-order valence-corrected chi connectivity index (χ3v) is 3.69. The Morgan fingerprint density at radius 3 is 2.39 bits per heavy atom. The topological polar surface area (TPSA) is 50.8 Å². The van der Waals surface area contributed by atoms with Crippen LogP contribution in [0.1, 0.15) is 12.0 Å².